The molecular weight excluding hydrogens is 232 g/mol. The summed E-state index contributed by atoms with van der Waals surface area (Å²) in [4.78, 5) is 4.59. The van der Waals surface area contributed by atoms with Gasteiger partial charge in [-0.05, 0) is 36.6 Å². The number of pyridine rings is 1. The van der Waals surface area contributed by atoms with E-state index in [9.17, 15) is 0 Å². The quantitative estimate of drug-likeness (QED) is 0.832. The van der Waals surface area contributed by atoms with Crippen LogP contribution in [-0.4, -0.2) is 11.5 Å². The number of aromatic nitrogens is 1. The average Bonchev–Trinajstić information content (AvgIpc) is 2.44. The van der Waals surface area contributed by atoms with Gasteiger partial charge in [0.25, 0.3) is 0 Å². The molecule has 1 heterocycles. The third-order valence-corrected chi connectivity index (χ3v) is 3.71. The van der Waals surface area contributed by atoms with E-state index in [1.165, 1.54) is 23.8 Å². The third kappa shape index (κ3) is 3.32. The maximum atomic E-state index is 4.59. The van der Waals surface area contributed by atoms with Crippen LogP contribution >= 0.6 is 0 Å². The smallest absolute Gasteiger partial charge is 0.0702 e. The Labute approximate surface area is 116 Å². The summed E-state index contributed by atoms with van der Waals surface area (Å²) in [5.41, 5.74) is 2.38. The van der Waals surface area contributed by atoms with E-state index in [0.717, 1.165) is 12.1 Å². The maximum Gasteiger partial charge on any atom is 0.0702 e. The highest BCUT2D eigenvalue weighted by Gasteiger charge is 2.18. The highest BCUT2D eigenvalue weighted by Crippen LogP contribution is 2.27. The second-order valence-electron chi connectivity index (χ2n) is 5.26. The minimum absolute atomic E-state index is 0.405. The lowest BCUT2D eigenvalue weighted by molar-refractivity contribution is 0.369. The zero-order valence-corrected chi connectivity index (χ0v) is 12.2. The van der Waals surface area contributed by atoms with Gasteiger partial charge in [-0.3, -0.25) is 4.98 Å². The predicted octanol–water partition coefficient (Wildman–Crippen LogP) is 4.32. The highest BCUT2D eigenvalue weighted by atomic mass is 14.9. The van der Waals surface area contributed by atoms with Crippen molar-refractivity contribution < 1.29 is 0 Å². The van der Waals surface area contributed by atoms with Crippen molar-refractivity contribution in [3.63, 3.8) is 0 Å². The molecule has 0 aliphatic heterocycles. The van der Waals surface area contributed by atoms with E-state index in [1.54, 1.807) is 0 Å². The molecule has 0 saturated carbocycles. The Morgan fingerprint density at radius 3 is 2.74 bits per heavy atom. The van der Waals surface area contributed by atoms with Crippen LogP contribution in [0.5, 0.6) is 0 Å². The summed E-state index contributed by atoms with van der Waals surface area (Å²) in [6, 6.07) is 11.0. The fourth-order valence-electron chi connectivity index (χ4n) is 2.75. The molecule has 1 N–H and O–H groups in total. The molecule has 2 aromatic rings. The zero-order chi connectivity index (χ0) is 13.7. The van der Waals surface area contributed by atoms with E-state index in [1.807, 2.05) is 12.3 Å². The van der Waals surface area contributed by atoms with E-state index in [0.29, 0.717) is 12.0 Å². The Balaban J connectivity index is 2.32. The monoisotopic (exact) mass is 256 g/mol. The lowest BCUT2D eigenvalue weighted by Gasteiger charge is -2.25. The van der Waals surface area contributed by atoms with Crippen LogP contribution < -0.4 is 5.32 Å². The summed E-state index contributed by atoms with van der Waals surface area (Å²) in [5, 5.41) is 4.84. The minimum Gasteiger partial charge on any atom is -0.310 e. The van der Waals surface area contributed by atoms with Gasteiger partial charge in [0.15, 0.2) is 0 Å². The van der Waals surface area contributed by atoms with Gasteiger partial charge in [-0.15, -0.1) is 0 Å². The number of rotatable bonds is 6. The van der Waals surface area contributed by atoms with Crippen molar-refractivity contribution in [1.82, 2.24) is 10.3 Å². The molecule has 0 aliphatic carbocycles. The number of benzene rings is 1. The fourth-order valence-corrected chi connectivity index (χ4v) is 2.75. The number of nitrogens with zero attached hydrogens (tertiary/aromatic N) is 1. The van der Waals surface area contributed by atoms with Crippen LogP contribution in [0.15, 0.2) is 36.5 Å². The van der Waals surface area contributed by atoms with Gasteiger partial charge in [-0.1, -0.05) is 45.4 Å². The van der Waals surface area contributed by atoms with Crippen molar-refractivity contribution in [2.75, 3.05) is 6.54 Å². The van der Waals surface area contributed by atoms with Gasteiger partial charge in [-0.2, -0.15) is 0 Å². The Bertz CT molecular complexity index is 521. The summed E-state index contributed by atoms with van der Waals surface area (Å²) in [6.07, 6.45) is 4.50. The fraction of sp³-hybridized carbons (Fsp3) is 0.471. The SMILES string of the molecule is CCCC(C)C(NCC)c1cnc2ccccc2c1. The van der Waals surface area contributed by atoms with Crippen LogP contribution in [0.25, 0.3) is 10.9 Å². The average molecular weight is 256 g/mol. The van der Waals surface area contributed by atoms with E-state index in [-0.39, 0.29) is 0 Å². The number of fused-ring (bicyclic) bond motifs is 1. The van der Waals surface area contributed by atoms with Gasteiger partial charge in [-0.25, -0.2) is 0 Å². The number of para-hydroxylation sites is 1. The summed E-state index contributed by atoms with van der Waals surface area (Å²) < 4.78 is 0. The van der Waals surface area contributed by atoms with Gasteiger partial charge in [0, 0.05) is 17.6 Å². The van der Waals surface area contributed by atoms with Crippen LogP contribution in [0.4, 0.5) is 0 Å². The van der Waals surface area contributed by atoms with E-state index in [2.05, 4.69) is 55.3 Å². The molecular formula is C17H24N2. The van der Waals surface area contributed by atoms with Crippen molar-refractivity contribution in [1.29, 1.82) is 0 Å². The molecule has 0 aliphatic rings. The van der Waals surface area contributed by atoms with Crippen molar-refractivity contribution >= 4 is 10.9 Å². The summed E-state index contributed by atoms with van der Waals surface area (Å²) >= 11 is 0. The molecule has 2 rings (SSSR count). The Morgan fingerprint density at radius 1 is 1.21 bits per heavy atom. The first-order chi connectivity index (χ1) is 9.26. The summed E-state index contributed by atoms with van der Waals surface area (Å²) in [6.45, 7) is 7.73. The molecule has 2 nitrogen and oxygen atoms in total. The van der Waals surface area contributed by atoms with Crippen LogP contribution in [0, 0.1) is 5.92 Å². The van der Waals surface area contributed by atoms with Crippen molar-refractivity contribution in [3.8, 4) is 0 Å². The number of hydrogen-bond donors (Lipinski definition) is 1. The third-order valence-electron chi connectivity index (χ3n) is 3.71. The molecule has 1 aromatic carbocycles. The predicted molar refractivity (Wildman–Crippen MR) is 82.2 cm³/mol. The molecule has 1 aromatic heterocycles. The van der Waals surface area contributed by atoms with Crippen LogP contribution in [0.3, 0.4) is 0 Å². The molecule has 102 valence electrons. The standard InChI is InChI=1S/C17H24N2/c1-4-8-13(3)17(18-5-2)15-11-14-9-6-7-10-16(14)19-12-15/h6-7,9-13,17-18H,4-5,8H2,1-3H3. The Hall–Kier alpha value is -1.41. The van der Waals surface area contributed by atoms with E-state index >= 15 is 0 Å². The van der Waals surface area contributed by atoms with Crippen molar-refractivity contribution in [3.05, 3.63) is 42.1 Å². The second kappa shape index (κ2) is 6.67. The first-order valence-corrected chi connectivity index (χ1v) is 7.34. The summed E-state index contributed by atoms with van der Waals surface area (Å²) in [5.74, 6) is 0.632. The van der Waals surface area contributed by atoms with Crippen LogP contribution in [0.2, 0.25) is 0 Å². The minimum atomic E-state index is 0.405. The Morgan fingerprint density at radius 2 is 2.00 bits per heavy atom. The van der Waals surface area contributed by atoms with Crippen molar-refractivity contribution in [2.24, 2.45) is 5.92 Å². The molecule has 19 heavy (non-hydrogen) atoms. The first kappa shape index (κ1) is 14.0. The lowest BCUT2D eigenvalue weighted by Crippen LogP contribution is -2.27. The molecule has 2 unspecified atom stereocenters. The number of hydrogen-bond acceptors (Lipinski definition) is 2. The van der Waals surface area contributed by atoms with Crippen LogP contribution in [0.1, 0.15) is 45.2 Å². The zero-order valence-electron chi connectivity index (χ0n) is 12.2. The normalized spacial score (nSPS) is 14.5. The maximum absolute atomic E-state index is 4.59. The van der Waals surface area contributed by atoms with E-state index < -0.39 is 0 Å². The van der Waals surface area contributed by atoms with Gasteiger partial charge in [0.2, 0.25) is 0 Å². The lowest BCUT2D eigenvalue weighted by atomic mass is 9.91. The topological polar surface area (TPSA) is 24.9 Å². The second-order valence-corrected chi connectivity index (χ2v) is 5.26. The first-order valence-electron chi connectivity index (χ1n) is 7.34. The molecule has 2 atom stereocenters. The molecule has 0 bridgehead atoms. The molecule has 2 heteroatoms. The largest absolute Gasteiger partial charge is 0.310 e. The molecule has 0 amide bonds. The summed E-state index contributed by atoms with van der Waals surface area (Å²) in [7, 11) is 0. The molecule has 0 radical (unpaired) electrons. The van der Waals surface area contributed by atoms with Gasteiger partial charge < -0.3 is 5.32 Å². The van der Waals surface area contributed by atoms with Crippen molar-refractivity contribution in [2.45, 2.75) is 39.7 Å². The Kier molecular flexibility index (Phi) is 4.92. The number of nitrogens with one attached hydrogen (secondary N) is 1. The van der Waals surface area contributed by atoms with Gasteiger partial charge in [0.05, 0.1) is 5.52 Å². The van der Waals surface area contributed by atoms with E-state index in [4.69, 9.17) is 0 Å². The van der Waals surface area contributed by atoms with Gasteiger partial charge in [0.1, 0.15) is 0 Å². The van der Waals surface area contributed by atoms with Crippen LogP contribution in [-0.2, 0) is 0 Å². The highest BCUT2D eigenvalue weighted by molar-refractivity contribution is 5.78. The molecule has 0 spiro atoms. The molecule has 0 fully saturated rings. The van der Waals surface area contributed by atoms with Gasteiger partial charge >= 0.3 is 0 Å². The molecule has 0 saturated heterocycles.